The van der Waals surface area contributed by atoms with Gasteiger partial charge >= 0.3 is 0 Å². The van der Waals surface area contributed by atoms with Crippen molar-refractivity contribution in [3.05, 3.63) is 29.8 Å². The van der Waals surface area contributed by atoms with Gasteiger partial charge < -0.3 is 15.4 Å². The number of amides is 1. The molecule has 124 valence electrons. The lowest BCUT2D eigenvalue weighted by Gasteiger charge is -2.30. The van der Waals surface area contributed by atoms with Gasteiger partial charge in [0.25, 0.3) is 0 Å². The van der Waals surface area contributed by atoms with Gasteiger partial charge in [-0.15, -0.1) is 12.4 Å². The van der Waals surface area contributed by atoms with Crippen molar-refractivity contribution in [1.29, 1.82) is 0 Å². The first-order valence-corrected chi connectivity index (χ1v) is 7.85. The van der Waals surface area contributed by atoms with E-state index < -0.39 is 0 Å². The molecule has 0 spiro atoms. The molecule has 2 rings (SSSR count). The molecule has 22 heavy (non-hydrogen) atoms. The molecular formula is C17H27ClN2O2. The number of hydrogen-bond acceptors (Lipinski definition) is 3. The molecule has 2 atom stereocenters. The van der Waals surface area contributed by atoms with Crippen molar-refractivity contribution in [2.24, 2.45) is 5.92 Å². The van der Waals surface area contributed by atoms with Crippen molar-refractivity contribution in [3.63, 3.8) is 0 Å². The number of piperidine rings is 1. The van der Waals surface area contributed by atoms with Crippen molar-refractivity contribution in [2.75, 3.05) is 19.7 Å². The lowest BCUT2D eigenvalue weighted by Crippen LogP contribution is -2.48. The number of halogens is 1. The summed E-state index contributed by atoms with van der Waals surface area (Å²) in [5.41, 5.74) is 1.13. The van der Waals surface area contributed by atoms with Gasteiger partial charge in [-0.2, -0.15) is 0 Å². The molecule has 1 heterocycles. The highest BCUT2D eigenvalue weighted by molar-refractivity contribution is 5.85. The molecule has 1 aliphatic heterocycles. The van der Waals surface area contributed by atoms with E-state index >= 15 is 0 Å². The van der Waals surface area contributed by atoms with Gasteiger partial charge in [-0.3, -0.25) is 4.79 Å². The van der Waals surface area contributed by atoms with Crippen molar-refractivity contribution < 1.29 is 9.53 Å². The third kappa shape index (κ3) is 5.85. The van der Waals surface area contributed by atoms with Crippen LogP contribution >= 0.6 is 12.4 Å². The Morgan fingerprint density at radius 3 is 2.91 bits per heavy atom. The Balaban J connectivity index is 0.00000242. The van der Waals surface area contributed by atoms with Crippen LogP contribution in [0.25, 0.3) is 0 Å². The van der Waals surface area contributed by atoms with Gasteiger partial charge in [0.15, 0.2) is 0 Å². The van der Waals surface area contributed by atoms with Gasteiger partial charge in [-0.1, -0.05) is 25.1 Å². The second-order valence-corrected chi connectivity index (χ2v) is 5.86. The first kappa shape index (κ1) is 18.8. The molecule has 1 amide bonds. The van der Waals surface area contributed by atoms with Crippen LogP contribution in [0.1, 0.15) is 31.7 Å². The maximum atomic E-state index is 11.9. The Morgan fingerprint density at radius 2 is 2.18 bits per heavy atom. The standard InChI is InChI=1S/C17H26N2O2.ClH/c1-13-6-3-4-7-16(13)21-11-5-8-17(20)19-15-9-10-18-12-14(15)2;/h3-4,6-7,14-15,18H,5,8-12H2,1-2H3,(H,19,20);1H. The van der Waals surface area contributed by atoms with E-state index in [4.69, 9.17) is 4.74 Å². The van der Waals surface area contributed by atoms with E-state index in [9.17, 15) is 4.79 Å². The molecule has 1 fully saturated rings. The van der Waals surface area contributed by atoms with Crippen LogP contribution in [0.4, 0.5) is 0 Å². The largest absolute Gasteiger partial charge is 0.493 e. The molecule has 2 N–H and O–H groups in total. The second kappa shape index (κ2) is 9.70. The van der Waals surface area contributed by atoms with Gasteiger partial charge in [-0.05, 0) is 50.4 Å². The number of hydrogen-bond donors (Lipinski definition) is 2. The fraction of sp³-hybridized carbons (Fsp3) is 0.588. The molecular weight excluding hydrogens is 300 g/mol. The van der Waals surface area contributed by atoms with Gasteiger partial charge in [0.1, 0.15) is 5.75 Å². The summed E-state index contributed by atoms with van der Waals surface area (Å²) in [5.74, 6) is 1.55. The average Bonchev–Trinajstić information content (AvgIpc) is 2.48. The summed E-state index contributed by atoms with van der Waals surface area (Å²) in [6.07, 6.45) is 2.30. The maximum Gasteiger partial charge on any atom is 0.220 e. The highest BCUT2D eigenvalue weighted by atomic mass is 35.5. The first-order valence-electron chi connectivity index (χ1n) is 7.85. The number of carbonyl (C=O) groups is 1. The summed E-state index contributed by atoms with van der Waals surface area (Å²) in [7, 11) is 0. The van der Waals surface area contributed by atoms with Crippen LogP contribution in [0.15, 0.2) is 24.3 Å². The quantitative estimate of drug-likeness (QED) is 0.790. The average molecular weight is 327 g/mol. The molecule has 2 unspecified atom stereocenters. The molecule has 1 aliphatic rings. The normalized spacial score (nSPS) is 20.8. The van der Waals surface area contributed by atoms with Crippen molar-refractivity contribution in [1.82, 2.24) is 10.6 Å². The molecule has 0 saturated carbocycles. The Labute approximate surface area is 139 Å². The summed E-state index contributed by atoms with van der Waals surface area (Å²) in [6, 6.07) is 8.27. The van der Waals surface area contributed by atoms with Crippen LogP contribution < -0.4 is 15.4 Å². The fourth-order valence-electron chi connectivity index (χ4n) is 2.64. The number of aryl methyl sites for hydroxylation is 1. The van der Waals surface area contributed by atoms with Crippen LogP contribution in [0, 0.1) is 12.8 Å². The third-order valence-electron chi connectivity index (χ3n) is 4.03. The van der Waals surface area contributed by atoms with Gasteiger partial charge in [-0.25, -0.2) is 0 Å². The number of benzene rings is 1. The Bertz CT molecular complexity index is 468. The van der Waals surface area contributed by atoms with E-state index in [1.54, 1.807) is 0 Å². The zero-order chi connectivity index (χ0) is 15.1. The predicted molar refractivity (Wildman–Crippen MR) is 91.7 cm³/mol. The van der Waals surface area contributed by atoms with Crippen LogP contribution in [0.2, 0.25) is 0 Å². The molecule has 0 aromatic heterocycles. The highest BCUT2D eigenvalue weighted by Crippen LogP contribution is 2.16. The Hall–Kier alpha value is -1.26. The van der Waals surface area contributed by atoms with Crippen LogP contribution in [0.3, 0.4) is 0 Å². The third-order valence-corrected chi connectivity index (χ3v) is 4.03. The topological polar surface area (TPSA) is 50.4 Å². The minimum absolute atomic E-state index is 0. The number of nitrogens with one attached hydrogen (secondary N) is 2. The molecule has 4 nitrogen and oxygen atoms in total. The van der Waals surface area contributed by atoms with Gasteiger partial charge in [0, 0.05) is 12.5 Å². The minimum Gasteiger partial charge on any atom is -0.493 e. The molecule has 1 aromatic carbocycles. The summed E-state index contributed by atoms with van der Waals surface area (Å²) in [4.78, 5) is 11.9. The fourth-order valence-corrected chi connectivity index (χ4v) is 2.64. The zero-order valence-electron chi connectivity index (χ0n) is 13.4. The van der Waals surface area contributed by atoms with Crippen molar-refractivity contribution >= 4 is 18.3 Å². The summed E-state index contributed by atoms with van der Waals surface area (Å²) in [6.45, 7) is 6.77. The molecule has 1 aromatic rings. The molecule has 0 aliphatic carbocycles. The monoisotopic (exact) mass is 326 g/mol. The number of ether oxygens (including phenoxy) is 1. The van der Waals surface area contributed by atoms with E-state index in [1.165, 1.54) is 0 Å². The molecule has 0 radical (unpaired) electrons. The Morgan fingerprint density at radius 1 is 1.41 bits per heavy atom. The lowest BCUT2D eigenvalue weighted by molar-refractivity contribution is -0.122. The van der Waals surface area contributed by atoms with E-state index in [0.717, 1.165) is 37.2 Å². The lowest BCUT2D eigenvalue weighted by atomic mass is 9.95. The van der Waals surface area contributed by atoms with Crippen molar-refractivity contribution in [3.8, 4) is 5.75 Å². The van der Waals surface area contributed by atoms with E-state index in [0.29, 0.717) is 25.0 Å². The number of rotatable bonds is 6. The summed E-state index contributed by atoms with van der Waals surface area (Å²) in [5, 5.41) is 6.49. The minimum atomic E-state index is 0. The summed E-state index contributed by atoms with van der Waals surface area (Å²) < 4.78 is 5.71. The summed E-state index contributed by atoms with van der Waals surface area (Å²) >= 11 is 0. The molecule has 5 heteroatoms. The van der Waals surface area contributed by atoms with Crippen LogP contribution in [-0.4, -0.2) is 31.6 Å². The smallest absolute Gasteiger partial charge is 0.220 e. The zero-order valence-corrected chi connectivity index (χ0v) is 14.2. The SMILES string of the molecule is Cc1ccccc1OCCCC(=O)NC1CCNCC1C.Cl. The van der Waals surface area contributed by atoms with Gasteiger partial charge in [0.05, 0.1) is 6.61 Å². The highest BCUT2D eigenvalue weighted by Gasteiger charge is 2.22. The van der Waals surface area contributed by atoms with Gasteiger partial charge in [0.2, 0.25) is 5.91 Å². The van der Waals surface area contributed by atoms with Crippen LogP contribution in [0.5, 0.6) is 5.75 Å². The van der Waals surface area contributed by atoms with Crippen LogP contribution in [-0.2, 0) is 4.79 Å². The van der Waals surface area contributed by atoms with E-state index in [-0.39, 0.29) is 18.3 Å². The van der Waals surface area contributed by atoms with Crippen molar-refractivity contribution in [2.45, 2.75) is 39.2 Å². The maximum absolute atomic E-state index is 11.9. The second-order valence-electron chi connectivity index (χ2n) is 5.86. The Kier molecular flexibility index (Phi) is 8.28. The number of para-hydroxylation sites is 1. The number of carbonyl (C=O) groups excluding carboxylic acids is 1. The molecule has 0 bridgehead atoms. The van der Waals surface area contributed by atoms with E-state index in [1.807, 2.05) is 31.2 Å². The van der Waals surface area contributed by atoms with E-state index in [2.05, 4.69) is 17.6 Å². The first-order chi connectivity index (χ1) is 10.2. The predicted octanol–water partition coefficient (Wildman–Crippen LogP) is 2.69. The molecule has 1 saturated heterocycles.